The summed E-state index contributed by atoms with van der Waals surface area (Å²) >= 11 is 0. The van der Waals surface area contributed by atoms with Crippen LogP contribution in [0.25, 0.3) is 0 Å². The quantitative estimate of drug-likeness (QED) is 0.821. The van der Waals surface area contributed by atoms with E-state index in [1.807, 2.05) is 24.3 Å². The van der Waals surface area contributed by atoms with Gasteiger partial charge in [-0.05, 0) is 30.9 Å². The molecule has 1 fully saturated rings. The lowest BCUT2D eigenvalue weighted by atomic mass is 10.1. The predicted octanol–water partition coefficient (Wildman–Crippen LogP) is 1.91. The first-order chi connectivity index (χ1) is 7.79. The van der Waals surface area contributed by atoms with Crippen LogP contribution in [0.3, 0.4) is 0 Å². The summed E-state index contributed by atoms with van der Waals surface area (Å²) in [6, 6.07) is 8.28. The minimum atomic E-state index is 0.147. The number of nitrogens with one attached hydrogen (secondary N) is 1. The molecular weight excluding hydrogens is 202 g/mol. The van der Waals surface area contributed by atoms with E-state index in [-0.39, 0.29) is 5.91 Å². The first-order valence-electron chi connectivity index (χ1n) is 5.71. The molecule has 0 unspecified atom stereocenters. The molecule has 1 aliphatic carbocycles. The Morgan fingerprint density at radius 2 is 2.19 bits per heavy atom. The van der Waals surface area contributed by atoms with E-state index in [0.29, 0.717) is 12.5 Å². The second kappa shape index (κ2) is 5.01. The summed E-state index contributed by atoms with van der Waals surface area (Å²) in [5.41, 5.74) is 1.09. The van der Waals surface area contributed by atoms with E-state index < -0.39 is 0 Å². The van der Waals surface area contributed by atoms with Gasteiger partial charge in [-0.1, -0.05) is 18.2 Å². The van der Waals surface area contributed by atoms with E-state index in [1.165, 1.54) is 0 Å². The molecule has 0 atom stereocenters. The van der Waals surface area contributed by atoms with Gasteiger partial charge in [0.05, 0.1) is 7.11 Å². The van der Waals surface area contributed by atoms with Crippen LogP contribution in [-0.4, -0.2) is 19.1 Å². The van der Waals surface area contributed by atoms with E-state index >= 15 is 0 Å². The normalized spacial score (nSPS) is 14.6. The molecule has 1 aromatic rings. The van der Waals surface area contributed by atoms with Crippen molar-refractivity contribution in [3.8, 4) is 5.75 Å². The Balaban J connectivity index is 1.85. The zero-order chi connectivity index (χ0) is 11.4. The number of hydrogen-bond acceptors (Lipinski definition) is 2. The Morgan fingerprint density at radius 3 is 2.88 bits per heavy atom. The highest BCUT2D eigenvalue weighted by molar-refractivity contribution is 5.76. The molecule has 0 heterocycles. The van der Waals surface area contributed by atoms with Crippen LogP contribution in [0.15, 0.2) is 24.3 Å². The van der Waals surface area contributed by atoms with Crippen molar-refractivity contribution < 1.29 is 9.53 Å². The molecule has 0 aliphatic heterocycles. The number of para-hydroxylation sites is 1. The van der Waals surface area contributed by atoms with E-state index in [0.717, 1.165) is 30.6 Å². The molecule has 1 saturated carbocycles. The molecule has 1 aromatic carbocycles. The summed E-state index contributed by atoms with van der Waals surface area (Å²) in [6.07, 6.45) is 3.56. The third-order valence-electron chi connectivity index (χ3n) is 2.76. The molecule has 1 N–H and O–H groups in total. The fraction of sp³-hybridized carbons (Fsp3) is 0.462. The standard InChI is InChI=1S/C13H17NO2/c1-16-12-5-3-2-4-10(12)6-9-13(15)14-11-7-8-11/h2-5,11H,6-9H2,1H3,(H,14,15). The number of hydrogen-bond donors (Lipinski definition) is 1. The van der Waals surface area contributed by atoms with Crippen molar-refractivity contribution in [3.05, 3.63) is 29.8 Å². The Labute approximate surface area is 95.8 Å². The molecule has 3 nitrogen and oxygen atoms in total. The van der Waals surface area contributed by atoms with Gasteiger partial charge in [0, 0.05) is 12.5 Å². The van der Waals surface area contributed by atoms with E-state index in [2.05, 4.69) is 5.32 Å². The average molecular weight is 219 g/mol. The second-order valence-corrected chi connectivity index (χ2v) is 4.15. The first kappa shape index (κ1) is 11.0. The minimum absolute atomic E-state index is 0.147. The van der Waals surface area contributed by atoms with Crippen molar-refractivity contribution in [1.29, 1.82) is 0 Å². The Kier molecular flexibility index (Phi) is 3.44. The van der Waals surface area contributed by atoms with Gasteiger partial charge in [0.1, 0.15) is 5.75 Å². The minimum Gasteiger partial charge on any atom is -0.496 e. The topological polar surface area (TPSA) is 38.3 Å². The predicted molar refractivity (Wildman–Crippen MR) is 62.5 cm³/mol. The molecule has 0 spiro atoms. The number of carbonyl (C=O) groups is 1. The molecule has 0 saturated heterocycles. The molecule has 16 heavy (non-hydrogen) atoms. The molecule has 0 radical (unpaired) electrons. The fourth-order valence-corrected chi connectivity index (χ4v) is 1.69. The van der Waals surface area contributed by atoms with Crippen molar-refractivity contribution in [1.82, 2.24) is 5.32 Å². The Bertz CT molecular complexity index is 372. The van der Waals surface area contributed by atoms with Crippen LogP contribution in [0.1, 0.15) is 24.8 Å². The SMILES string of the molecule is COc1ccccc1CCC(=O)NC1CC1. The van der Waals surface area contributed by atoms with Crippen molar-refractivity contribution in [2.45, 2.75) is 31.7 Å². The largest absolute Gasteiger partial charge is 0.496 e. The number of carbonyl (C=O) groups excluding carboxylic acids is 1. The van der Waals surface area contributed by atoms with Gasteiger partial charge >= 0.3 is 0 Å². The number of aryl methyl sites for hydroxylation is 1. The van der Waals surface area contributed by atoms with Gasteiger partial charge < -0.3 is 10.1 Å². The Hall–Kier alpha value is -1.51. The Morgan fingerprint density at radius 1 is 1.44 bits per heavy atom. The molecule has 0 aromatic heterocycles. The highest BCUT2D eigenvalue weighted by Gasteiger charge is 2.22. The highest BCUT2D eigenvalue weighted by atomic mass is 16.5. The van der Waals surface area contributed by atoms with Gasteiger partial charge in [-0.2, -0.15) is 0 Å². The highest BCUT2D eigenvalue weighted by Crippen LogP contribution is 2.20. The molecular formula is C13H17NO2. The maximum atomic E-state index is 11.5. The number of rotatable bonds is 5. The molecule has 1 amide bonds. The van der Waals surface area contributed by atoms with Crippen LogP contribution in [0.4, 0.5) is 0 Å². The number of methoxy groups -OCH3 is 1. The molecule has 0 bridgehead atoms. The van der Waals surface area contributed by atoms with Gasteiger partial charge in [-0.3, -0.25) is 4.79 Å². The van der Waals surface area contributed by atoms with Crippen LogP contribution in [0.2, 0.25) is 0 Å². The molecule has 86 valence electrons. The number of benzene rings is 1. The van der Waals surface area contributed by atoms with E-state index in [9.17, 15) is 4.79 Å². The maximum absolute atomic E-state index is 11.5. The lowest BCUT2D eigenvalue weighted by Gasteiger charge is -2.07. The van der Waals surface area contributed by atoms with Gasteiger partial charge in [-0.25, -0.2) is 0 Å². The van der Waals surface area contributed by atoms with Crippen molar-refractivity contribution in [2.24, 2.45) is 0 Å². The van der Waals surface area contributed by atoms with Crippen LogP contribution < -0.4 is 10.1 Å². The number of ether oxygens (including phenoxy) is 1. The summed E-state index contributed by atoms with van der Waals surface area (Å²) in [6.45, 7) is 0. The van der Waals surface area contributed by atoms with Gasteiger partial charge in [-0.15, -0.1) is 0 Å². The lowest BCUT2D eigenvalue weighted by Crippen LogP contribution is -2.25. The van der Waals surface area contributed by atoms with Gasteiger partial charge in [0.2, 0.25) is 5.91 Å². The first-order valence-corrected chi connectivity index (χ1v) is 5.71. The maximum Gasteiger partial charge on any atom is 0.220 e. The fourth-order valence-electron chi connectivity index (χ4n) is 1.69. The summed E-state index contributed by atoms with van der Waals surface area (Å²) < 4.78 is 5.24. The van der Waals surface area contributed by atoms with Gasteiger partial charge in [0.25, 0.3) is 0 Å². The zero-order valence-electron chi connectivity index (χ0n) is 9.53. The molecule has 1 aliphatic rings. The molecule has 2 rings (SSSR count). The third kappa shape index (κ3) is 2.99. The summed E-state index contributed by atoms with van der Waals surface area (Å²) in [7, 11) is 1.66. The van der Waals surface area contributed by atoms with Crippen molar-refractivity contribution in [2.75, 3.05) is 7.11 Å². The smallest absolute Gasteiger partial charge is 0.220 e. The van der Waals surface area contributed by atoms with E-state index in [1.54, 1.807) is 7.11 Å². The monoisotopic (exact) mass is 219 g/mol. The second-order valence-electron chi connectivity index (χ2n) is 4.15. The van der Waals surface area contributed by atoms with Crippen molar-refractivity contribution >= 4 is 5.91 Å². The van der Waals surface area contributed by atoms with Crippen LogP contribution in [-0.2, 0) is 11.2 Å². The van der Waals surface area contributed by atoms with Crippen molar-refractivity contribution in [3.63, 3.8) is 0 Å². The summed E-state index contributed by atoms with van der Waals surface area (Å²) in [5, 5.41) is 2.98. The molecule has 3 heteroatoms. The zero-order valence-corrected chi connectivity index (χ0v) is 9.53. The summed E-state index contributed by atoms with van der Waals surface area (Å²) in [4.78, 5) is 11.5. The van der Waals surface area contributed by atoms with Crippen LogP contribution in [0, 0.1) is 0 Å². The van der Waals surface area contributed by atoms with Crippen LogP contribution >= 0.6 is 0 Å². The number of amides is 1. The van der Waals surface area contributed by atoms with Crippen LogP contribution in [0.5, 0.6) is 5.75 Å². The summed E-state index contributed by atoms with van der Waals surface area (Å²) in [5.74, 6) is 1.01. The van der Waals surface area contributed by atoms with Gasteiger partial charge in [0.15, 0.2) is 0 Å². The third-order valence-corrected chi connectivity index (χ3v) is 2.76. The average Bonchev–Trinajstić information content (AvgIpc) is 3.10. The van der Waals surface area contributed by atoms with E-state index in [4.69, 9.17) is 4.74 Å². The lowest BCUT2D eigenvalue weighted by molar-refractivity contribution is -0.121.